The molecule has 0 atom stereocenters. The average Bonchev–Trinajstić information content (AvgIpc) is 3.61. The lowest BCUT2D eigenvalue weighted by atomic mass is 9.88. The van der Waals surface area contributed by atoms with Crippen molar-refractivity contribution in [2.24, 2.45) is 0 Å². The van der Waals surface area contributed by atoms with E-state index in [2.05, 4.69) is 150 Å². The lowest BCUT2D eigenvalue weighted by Crippen LogP contribution is -1.88. The molecule has 0 fully saturated rings. The summed E-state index contributed by atoms with van der Waals surface area (Å²) in [5.74, 6) is 0. The molecule has 7 aromatic rings. The molecule has 0 saturated heterocycles. The number of hydrogen-bond donors (Lipinski definition) is 0. The second-order valence-corrected chi connectivity index (χ2v) is 11.9. The molecule has 0 radical (unpaired) electrons. The Kier molecular flexibility index (Phi) is 21.4. The Morgan fingerprint density at radius 3 is 1.16 bits per heavy atom. The minimum absolute atomic E-state index is 1.01. The molecule has 0 unspecified atom stereocenters. The third-order valence-corrected chi connectivity index (χ3v) is 7.51. The highest BCUT2D eigenvalue weighted by Gasteiger charge is 2.17. The maximum Gasteiger partial charge on any atom is 0.0918 e. The Hall–Kier alpha value is -4.56. The van der Waals surface area contributed by atoms with E-state index in [4.69, 9.17) is 0 Å². The van der Waals surface area contributed by atoms with Crippen LogP contribution in [0.2, 0.25) is 0 Å². The van der Waals surface area contributed by atoms with Crippen LogP contribution >= 0.6 is 0 Å². The summed E-state index contributed by atoms with van der Waals surface area (Å²) < 4.78 is 0. The summed E-state index contributed by atoms with van der Waals surface area (Å²) in [6, 6.07) is 26.6. The number of aryl methyl sites for hydroxylation is 2. The molecular weight excluding hydrogens is 617 g/mol. The first-order valence-corrected chi connectivity index (χ1v) is 19.4. The summed E-state index contributed by atoms with van der Waals surface area (Å²) in [5, 5.41) is 11.1. The van der Waals surface area contributed by atoms with Crippen molar-refractivity contribution in [3.63, 3.8) is 0 Å². The maximum absolute atomic E-state index is 4.28. The highest BCUT2D eigenvalue weighted by atomic mass is 14.8. The van der Waals surface area contributed by atoms with Crippen LogP contribution in [0.5, 0.6) is 0 Å². The van der Waals surface area contributed by atoms with Gasteiger partial charge in [0.25, 0.3) is 0 Å². The number of nitrogens with zero attached hydrogens (tertiary/aromatic N) is 2. The van der Waals surface area contributed by atoms with E-state index in [1.54, 1.807) is 12.4 Å². The van der Waals surface area contributed by atoms with Gasteiger partial charge >= 0.3 is 0 Å². The molecule has 0 saturated carbocycles. The molecule has 0 spiro atoms. The summed E-state index contributed by atoms with van der Waals surface area (Å²) in [4.78, 5) is 8.56. The Labute approximate surface area is 311 Å². The van der Waals surface area contributed by atoms with E-state index in [-0.39, 0.29) is 0 Å². The first-order valence-electron chi connectivity index (χ1n) is 19.4. The van der Waals surface area contributed by atoms with E-state index >= 15 is 0 Å². The Morgan fingerprint density at radius 2 is 0.804 bits per heavy atom. The molecule has 0 bridgehead atoms. The molecule has 272 valence electrons. The fourth-order valence-corrected chi connectivity index (χ4v) is 5.57. The minimum Gasteiger partial charge on any atom is -0.253 e. The molecule has 1 aliphatic carbocycles. The van der Waals surface area contributed by atoms with E-state index < -0.39 is 0 Å². The summed E-state index contributed by atoms with van der Waals surface area (Å²) in [7, 11) is 0. The van der Waals surface area contributed by atoms with Crippen LogP contribution in [0.1, 0.15) is 125 Å². The predicted octanol–water partition coefficient (Wildman–Crippen LogP) is 16.4. The number of aromatic nitrogens is 2. The van der Waals surface area contributed by atoms with E-state index in [1.165, 1.54) is 84.6 Å². The van der Waals surface area contributed by atoms with Crippen molar-refractivity contribution in [3.8, 4) is 0 Å². The van der Waals surface area contributed by atoms with Gasteiger partial charge in [0.15, 0.2) is 0 Å². The van der Waals surface area contributed by atoms with Crippen LogP contribution in [0.4, 0.5) is 0 Å². The second kappa shape index (κ2) is 24.6. The molecule has 6 aromatic carbocycles. The van der Waals surface area contributed by atoms with Crippen molar-refractivity contribution in [1.82, 2.24) is 9.97 Å². The van der Waals surface area contributed by atoms with Crippen molar-refractivity contribution in [1.29, 1.82) is 0 Å². The first-order chi connectivity index (χ1) is 24.9. The van der Waals surface area contributed by atoms with E-state index in [0.29, 0.717) is 0 Å². The summed E-state index contributed by atoms with van der Waals surface area (Å²) in [6.45, 7) is 28.9. The van der Waals surface area contributed by atoms with E-state index in [1.807, 2.05) is 53.7 Å². The Balaban J connectivity index is 0.000000381. The quantitative estimate of drug-likeness (QED) is 0.0904. The molecule has 51 heavy (non-hydrogen) atoms. The van der Waals surface area contributed by atoms with Gasteiger partial charge in [-0.3, -0.25) is 9.97 Å². The number of hydrogen-bond acceptors (Lipinski definition) is 2. The standard InChI is InChI=1S/C22H12.C10H10N2.C4H8.3C3H8.2C2H6/c1-3-13-4-2-6-17-19-12-10-15-8-7-14-9-11-18(22(19)20(14)15)16(5-1)21(13)17;1-7-3-4-8(2)10-9(7)11-5-6-12-10;1-3-4-2;3*1-3-2;2*1-2/h1-12H;3-6H,1-2H3;3-4H,1-2H3;3*3H2,1-2H3;2*1-2H3/b;;4-3-;;;;;. The van der Waals surface area contributed by atoms with Crippen LogP contribution < -0.4 is 0 Å². The molecule has 0 N–H and O–H groups in total. The number of fused-ring (bicyclic) bond motifs is 3. The smallest absolute Gasteiger partial charge is 0.0918 e. The van der Waals surface area contributed by atoms with Crippen LogP contribution in [0.15, 0.2) is 97.3 Å². The monoisotopic (exact) mass is 683 g/mol. The van der Waals surface area contributed by atoms with Gasteiger partial charge in [0.1, 0.15) is 0 Å². The minimum atomic E-state index is 1.01. The summed E-state index contributed by atoms with van der Waals surface area (Å²) in [6.07, 6.45) is 15.7. The van der Waals surface area contributed by atoms with Gasteiger partial charge in [-0.05, 0) is 93.0 Å². The second-order valence-electron chi connectivity index (χ2n) is 11.9. The molecule has 2 heteroatoms. The highest BCUT2D eigenvalue weighted by Crippen LogP contribution is 2.44. The zero-order valence-corrected chi connectivity index (χ0v) is 34.4. The largest absolute Gasteiger partial charge is 0.253 e. The molecule has 1 heterocycles. The van der Waals surface area contributed by atoms with Crippen LogP contribution in [-0.2, 0) is 0 Å². The molecule has 0 amide bonds. The van der Waals surface area contributed by atoms with Gasteiger partial charge in [-0.2, -0.15) is 0 Å². The van der Waals surface area contributed by atoms with Crippen LogP contribution in [0.3, 0.4) is 0 Å². The lowest BCUT2D eigenvalue weighted by Gasteiger charge is -2.15. The summed E-state index contributed by atoms with van der Waals surface area (Å²) in [5.41, 5.74) is 7.09. The number of benzene rings is 6. The lowest BCUT2D eigenvalue weighted by molar-refractivity contribution is 1.09. The normalized spacial score (nSPS) is 10.2. The molecule has 1 aliphatic rings. The van der Waals surface area contributed by atoms with Crippen molar-refractivity contribution in [3.05, 3.63) is 120 Å². The Bertz CT molecular complexity index is 1920. The van der Waals surface area contributed by atoms with Gasteiger partial charge < -0.3 is 0 Å². The van der Waals surface area contributed by atoms with Gasteiger partial charge in [0.2, 0.25) is 0 Å². The van der Waals surface area contributed by atoms with Gasteiger partial charge in [0.05, 0.1) is 11.0 Å². The third-order valence-electron chi connectivity index (χ3n) is 7.51. The van der Waals surface area contributed by atoms with Crippen LogP contribution in [0.25, 0.3) is 66.3 Å². The Morgan fingerprint density at radius 1 is 0.451 bits per heavy atom. The van der Waals surface area contributed by atoms with Crippen molar-refractivity contribution in [2.45, 2.75) is 116 Å². The molecule has 8 rings (SSSR count). The zero-order chi connectivity index (χ0) is 38.3. The first kappa shape index (κ1) is 44.5. The zero-order valence-electron chi connectivity index (χ0n) is 34.4. The van der Waals surface area contributed by atoms with Crippen molar-refractivity contribution < 1.29 is 0 Å². The highest BCUT2D eigenvalue weighted by molar-refractivity contribution is 6.34. The predicted molar refractivity (Wildman–Crippen MR) is 237 cm³/mol. The van der Waals surface area contributed by atoms with Gasteiger partial charge in [0, 0.05) is 12.4 Å². The molecule has 1 aromatic heterocycles. The number of allylic oxidation sites excluding steroid dienone is 2. The van der Waals surface area contributed by atoms with Crippen LogP contribution in [-0.4, -0.2) is 9.97 Å². The number of rotatable bonds is 0. The van der Waals surface area contributed by atoms with E-state index in [9.17, 15) is 0 Å². The molecular formula is C49H66N2. The average molecular weight is 683 g/mol. The van der Waals surface area contributed by atoms with Crippen molar-refractivity contribution >= 4 is 66.3 Å². The van der Waals surface area contributed by atoms with E-state index in [0.717, 1.165) is 11.0 Å². The van der Waals surface area contributed by atoms with Crippen molar-refractivity contribution in [2.75, 3.05) is 0 Å². The van der Waals surface area contributed by atoms with Gasteiger partial charge in [-0.25, -0.2) is 0 Å². The van der Waals surface area contributed by atoms with Gasteiger partial charge in [-0.1, -0.05) is 186 Å². The third kappa shape index (κ3) is 11.2. The van der Waals surface area contributed by atoms with Crippen LogP contribution in [0, 0.1) is 13.8 Å². The topological polar surface area (TPSA) is 25.8 Å². The SMILES string of the molecule is C/C=C\C.C1=Cc2ccc3c4cccc5cccc(c6ccc1c2c63)c54.CC.CC.CCC.CCC.CCC.Cc1ccc(C)c2nccnc12. The summed E-state index contributed by atoms with van der Waals surface area (Å²) >= 11 is 0. The fraction of sp³-hybridized carbons (Fsp3) is 0.347. The fourth-order valence-electron chi connectivity index (χ4n) is 5.57. The van der Waals surface area contributed by atoms with Gasteiger partial charge in [-0.15, -0.1) is 0 Å². The molecule has 2 nitrogen and oxygen atoms in total. The molecule has 0 aliphatic heterocycles. The maximum atomic E-state index is 4.28.